The number of methoxy groups -OCH3 is 1. The minimum Gasteiger partial charge on any atom is -0.495 e. The number of amides is 1. The zero-order chi connectivity index (χ0) is 22.0. The number of rotatable bonds is 6. The van der Waals surface area contributed by atoms with E-state index in [1.807, 2.05) is 0 Å². The van der Waals surface area contributed by atoms with Gasteiger partial charge in [0.25, 0.3) is 5.91 Å². The summed E-state index contributed by atoms with van der Waals surface area (Å²) >= 11 is 0. The Kier molecular flexibility index (Phi) is 5.26. The fraction of sp³-hybridized carbons (Fsp3) is 0.100. The van der Waals surface area contributed by atoms with Crippen LogP contribution < -0.4 is 10.1 Å². The average molecular weight is 439 g/mol. The summed E-state index contributed by atoms with van der Waals surface area (Å²) in [6.45, 7) is 0. The smallest absolute Gasteiger partial charge is 0.302 e. The standard InChI is InChI=1S/C20H17N5O5S/c1-29-14-5-8-16(21-11-14)17-12-30-20(23-17)24-19(26)18-9-10-22-25(18)13-3-6-15(7-4-13)31(2,27)28/h3-12H,1-2H3,(H,23,24,26). The van der Waals surface area contributed by atoms with E-state index in [-0.39, 0.29) is 16.6 Å². The van der Waals surface area contributed by atoms with Crippen molar-refractivity contribution in [3.8, 4) is 22.8 Å². The van der Waals surface area contributed by atoms with Crippen LogP contribution in [-0.4, -0.2) is 47.4 Å². The van der Waals surface area contributed by atoms with Gasteiger partial charge >= 0.3 is 6.01 Å². The average Bonchev–Trinajstić information content (AvgIpc) is 3.43. The molecule has 0 bridgehead atoms. The van der Waals surface area contributed by atoms with Crippen LogP contribution >= 0.6 is 0 Å². The number of sulfone groups is 1. The van der Waals surface area contributed by atoms with Crippen molar-refractivity contribution in [3.63, 3.8) is 0 Å². The molecule has 1 N–H and O–H groups in total. The summed E-state index contributed by atoms with van der Waals surface area (Å²) in [5, 5.41) is 6.72. The first-order chi connectivity index (χ1) is 14.8. The number of nitrogens with one attached hydrogen (secondary N) is 1. The Morgan fingerprint density at radius 3 is 2.52 bits per heavy atom. The molecule has 4 rings (SSSR count). The molecule has 0 fully saturated rings. The Bertz CT molecular complexity index is 1330. The van der Waals surface area contributed by atoms with E-state index in [9.17, 15) is 13.2 Å². The summed E-state index contributed by atoms with van der Waals surface area (Å²) < 4.78 is 35.1. The molecule has 3 heterocycles. The molecule has 0 aliphatic carbocycles. The molecule has 10 nitrogen and oxygen atoms in total. The lowest BCUT2D eigenvalue weighted by Crippen LogP contribution is -2.17. The first kappa shape index (κ1) is 20.3. The topological polar surface area (TPSA) is 129 Å². The van der Waals surface area contributed by atoms with E-state index in [2.05, 4.69) is 20.4 Å². The number of hydrogen-bond acceptors (Lipinski definition) is 8. The molecule has 1 aromatic carbocycles. The van der Waals surface area contributed by atoms with Crippen LogP contribution in [0.5, 0.6) is 5.75 Å². The summed E-state index contributed by atoms with van der Waals surface area (Å²) in [5.41, 5.74) is 1.75. The Hall–Kier alpha value is -3.99. The second-order valence-corrected chi connectivity index (χ2v) is 8.49. The van der Waals surface area contributed by atoms with Crippen molar-refractivity contribution in [2.75, 3.05) is 18.7 Å². The quantitative estimate of drug-likeness (QED) is 0.485. The van der Waals surface area contributed by atoms with Crippen molar-refractivity contribution in [1.29, 1.82) is 0 Å². The lowest BCUT2D eigenvalue weighted by molar-refractivity contribution is 0.101. The van der Waals surface area contributed by atoms with Gasteiger partial charge in [0, 0.05) is 6.26 Å². The fourth-order valence-corrected chi connectivity index (χ4v) is 3.41. The van der Waals surface area contributed by atoms with Gasteiger partial charge in [0.15, 0.2) is 9.84 Å². The molecular formula is C20H17N5O5S. The molecule has 0 unspecified atom stereocenters. The van der Waals surface area contributed by atoms with E-state index in [0.29, 0.717) is 22.8 Å². The molecule has 4 aromatic rings. The van der Waals surface area contributed by atoms with Crippen LogP contribution in [0.1, 0.15) is 10.5 Å². The van der Waals surface area contributed by atoms with Gasteiger partial charge in [-0.2, -0.15) is 10.1 Å². The third-order valence-corrected chi connectivity index (χ3v) is 5.47. The Labute approximate surface area is 177 Å². The number of anilines is 1. The fourth-order valence-electron chi connectivity index (χ4n) is 2.78. The van der Waals surface area contributed by atoms with E-state index in [4.69, 9.17) is 9.15 Å². The van der Waals surface area contributed by atoms with Crippen LogP contribution in [-0.2, 0) is 9.84 Å². The Balaban J connectivity index is 1.53. The third-order valence-electron chi connectivity index (χ3n) is 4.34. The molecule has 0 saturated heterocycles. The van der Waals surface area contributed by atoms with Crippen LogP contribution in [0.15, 0.2) is 70.4 Å². The molecule has 0 atom stereocenters. The number of oxazole rings is 1. The van der Waals surface area contributed by atoms with E-state index in [1.54, 1.807) is 37.6 Å². The first-order valence-corrected chi connectivity index (χ1v) is 10.9. The van der Waals surface area contributed by atoms with Crippen molar-refractivity contribution < 1.29 is 22.4 Å². The van der Waals surface area contributed by atoms with E-state index >= 15 is 0 Å². The molecule has 1 amide bonds. The molecule has 3 aromatic heterocycles. The minimum absolute atomic E-state index is 0.00204. The number of pyridine rings is 1. The highest BCUT2D eigenvalue weighted by Gasteiger charge is 2.17. The van der Waals surface area contributed by atoms with Gasteiger partial charge in [-0.25, -0.2) is 13.1 Å². The summed E-state index contributed by atoms with van der Waals surface area (Å²) in [4.78, 5) is 21.4. The van der Waals surface area contributed by atoms with Gasteiger partial charge in [-0.1, -0.05) is 0 Å². The summed E-state index contributed by atoms with van der Waals surface area (Å²) in [7, 11) is -1.78. The summed E-state index contributed by atoms with van der Waals surface area (Å²) in [5.74, 6) is 0.111. The van der Waals surface area contributed by atoms with Gasteiger partial charge in [-0.15, -0.1) is 0 Å². The van der Waals surface area contributed by atoms with Crippen molar-refractivity contribution >= 4 is 21.8 Å². The third kappa shape index (κ3) is 4.31. The van der Waals surface area contributed by atoms with Crippen LogP contribution in [0.2, 0.25) is 0 Å². The van der Waals surface area contributed by atoms with Crippen molar-refractivity contribution in [3.05, 3.63) is 66.8 Å². The van der Waals surface area contributed by atoms with Crippen molar-refractivity contribution in [1.82, 2.24) is 19.7 Å². The van der Waals surface area contributed by atoms with Gasteiger partial charge in [0.05, 0.1) is 35.8 Å². The van der Waals surface area contributed by atoms with Crippen LogP contribution in [0.4, 0.5) is 6.01 Å². The molecule has 11 heteroatoms. The highest BCUT2D eigenvalue weighted by molar-refractivity contribution is 7.90. The number of carbonyl (C=O) groups excluding carboxylic acids is 1. The van der Waals surface area contributed by atoms with Gasteiger partial charge in [0.1, 0.15) is 23.4 Å². The van der Waals surface area contributed by atoms with Crippen molar-refractivity contribution in [2.24, 2.45) is 0 Å². The summed E-state index contributed by atoms with van der Waals surface area (Å²) in [6.07, 6.45) is 5.52. The number of hydrogen-bond donors (Lipinski definition) is 1. The maximum Gasteiger partial charge on any atom is 0.302 e. The predicted octanol–water partition coefficient (Wildman–Crippen LogP) is 2.59. The van der Waals surface area contributed by atoms with E-state index in [0.717, 1.165) is 6.26 Å². The maximum absolute atomic E-state index is 12.7. The molecule has 31 heavy (non-hydrogen) atoms. The van der Waals surface area contributed by atoms with Crippen LogP contribution in [0.3, 0.4) is 0 Å². The second-order valence-electron chi connectivity index (χ2n) is 6.47. The first-order valence-electron chi connectivity index (χ1n) is 8.97. The van der Waals surface area contributed by atoms with Crippen LogP contribution in [0, 0.1) is 0 Å². The number of ether oxygens (including phenoxy) is 1. The van der Waals surface area contributed by atoms with Gasteiger partial charge < -0.3 is 9.15 Å². The van der Waals surface area contributed by atoms with Crippen LogP contribution in [0.25, 0.3) is 17.1 Å². The van der Waals surface area contributed by atoms with Gasteiger partial charge in [0.2, 0.25) is 0 Å². The minimum atomic E-state index is -3.32. The monoisotopic (exact) mass is 439 g/mol. The second kappa shape index (κ2) is 8.03. The Morgan fingerprint density at radius 2 is 1.87 bits per heavy atom. The SMILES string of the molecule is COc1ccc(-c2coc(NC(=O)c3ccnn3-c3ccc(S(C)(=O)=O)cc3)n2)nc1. The molecule has 0 spiro atoms. The van der Waals surface area contributed by atoms with Gasteiger partial charge in [-0.3, -0.25) is 15.1 Å². The van der Waals surface area contributed by atoms with Crippen molar-refractivity contribution in [2.45, 2.75) is 4.90 Å². The number of aromatic nitrogens is 4. The summed E-state index contributed by atoms with van der Waals surface area (Å²) in [6, 6.07) is 11.0. The largest absolute Gasteiger partial charge is 0.495 e. The zero-order valence-electron chi connectivity index (χ0n) is 16.5. The molecular weight excluding hydrogens is 422 g/mol. The highest BCUT2D eigenvalue weighted by Crippen LogP contribution is 2.21. The number of benzene rings is 1. The lowest BCUT2D eigenvalue weighted by atomic mass is 10.3. The van der Waals surface area contributed by atoms with E-state index < -0.39 is 15.7 Å². The molecule has 0 saturated carbocycles. The number of nitrogens with zero attached hydrogens (tertiary/aromatic N) is 4. The van der Waals surface area contributed by atoms with Gasteiger partial charge in [-0.05, 0) is 42.5 Å². The zero-order valence-corrected chi connectivity index (χ0v) is 17.3. The number of carbonyl (C=O) groups is 1. The molecule has 0 aliphatic rings. The maximum atomic E-state index is 12.7. The Morgan fingerprint density at radius 1 is 1.10 bits per heavy atom. The highest BCUT2D eigenvalue weighted by atomic mass is 32.2. The molecule has 158 valence electrons. The molecule has 0 aliphatic heterocycles. The normalized spacial score (nSPS) is 11.3. The lowest BCUT2D eigenvalue weighted by Gasteiger charge is -2.07. The predicted molar refractivity (Wildman–Crippen MR) is 111 cm³/mol. The van der Waals surface area contributed by atoms with E-state index in [1.165, 1.54) is 35.3 Å². The molecule has 0 radical (unpaired) electrons.